The minimum absolute atomic E-state index is 0.0200. The van der Waals surface area contributed by atoms with Gasteiger partial charge in [-0.05, 0) is 37.7 Å². The number of unbranched alkanes of at least 4 members (excludes halogenated alkanes) is 11. The fraction of sp³-hybridized carbons (Fsp3) is 0.690. The zero-order valence-corrected chi connectivity index (χ0v) is 20.7. The molecule has 0 amide bonds. The molecule has 0 aliphatic carbocycles. The average Bonchev–Trinajstić information content (AvgIpc) is 2.82. The number of nitrogens with two attached hydrogens (primary N) is 1. The summed E-state index contributed by atoms with van der Waals surface area (Å²) >= 11 is 0. The number of quaternary nitrogens is 1. The number of carbonyl (C=O) groups is 1. The van der Waals surface area contributed by atoms with E-state index >= 15 is 0 Å². The quantitative estimate of drug-likeness (QED) is 0.163. The SMILES string of the molecule is CCCCCCCC/C=C/CCCCCCCC(=O)OC1(c2ccccc2)CC[NH2+]CC1. The Morgan fingerprint density at radius 1 is 0.844 bits per heavy atom. The zero-order chi connectivity index (χ0) is 22.7. The highest BCUT2D eigenvalue weighted by atomic mass is 16.6. The van der Waals surface area contributed by atoms with Crippen LogP contribution in [0.25, 0.3) is 0 Å². The molecule has 3 heteroatoms. The Hall–Kier alpha value is -1.61. The number of piperidine rings is 1. The summed E-state index contributed by atoms with van der Waals surface area (Å²) in [5.74, 6) is -0.0200. The Labute approximate surface area is 197 Å². The Balaban J connectivity index is 1.50. The van der Waals surface area contributed by atoms with Gasteiger partial charge in [0, 0.05) is 19.3 Å². The van der Waals surface area contributed by atoms with Gasteiger partial charge in [0.25, 0.3) is 0 Å². The molecule has 0 radical (unpaired) electrons. The lowest BCUT2D eigenvalue weighted by Crippen LogP contribution is -2.87. The lowest BCUT2D eigenvalue weighted by Gasteiger charge is -2.36. The van der Waals surface area contributed by atoms with Crippen LogP contribution in [0.5, 0.6) is 0 Å². The number of allylic oxidation sites excluding steroid dienone is 2. The maximum absolute atomic E-state index is 12.6. The third-order valence-corrected chi connectivity index (χ3v) is 6.76. The number of esters is 1. The maximum Gasteiger partial charge on any atom is 0.306 e. The van der Waals surface area contributed by atoms with E-state index in [1.807, 2.05) is 18.2 Å². The van der Waals surface area contributed by atoms with E-state index in [0.717, 1.165) is 44.3 Å². The number of hydrogen-bond acceptors (Lipinski definition) is 2. The van der Waals surface area contributed by atoms with Crippen LogP contribution in [0, 0.1) is 0 Å². The van der Waals surface area contributed by atoms with E-state index in [2.05, 4.69) is 36.5 Å². The van der Waals surface area contributed by atoms with E-state index in [1.54, 1.807) is 0 Å². The molecule has 1 heterocycles. The van der Waals surface area contributed by atoms with Gasteiger partial charge in [-0.3, -0.25) is 4.79 Å². The molecule has 1 aromatic rings. The molecule has 0 bridgehead atoms. The number of rotatable bonds is 17. The van der Waals surface area contributed by atoms with E-state index in [4.69, 9.17) is 4.74 Å². The summed E-state index contributed by atoms with van der Waals surface area (Å²) in [5, 5.41) is 2.32. The van der Waals surface area contributed by atoms with Crippen molar-refractivity contribution in [2.75, 3.05) is 13.1 Å². The molecular formula is C29H48NO2+. The molecule has 0 saturated carbocycles. The smallest absolute Gasteiger partial charge is 0.306 e. The normalized spacial score (nSPS) is 15.8. The molecule has 1 aliphatic heterocycles. The van der Waals surface area contributed by atoms with Crippen molar-refractivity contribution in [3.63, 3.8) is 0 Å². The van der Waals surface area contributed by atoms with Gasteiger partial charge in [-0.1, -0.05) is 101 Å². The lowest BCUT2D eigenvalue weighted by atomic mass is 9.84. The largest absolute Gasteiger partial charge is 0.454 e. The van der Waals surface area contributed by atoms with Crippen molar-refractivity contribution >= 4 is 5.97 Å². The predicted octanol–water partition coefficient (Wildman–Crippen LogP) is 6.82. The number of benzene rings is 1. The summed E-state index contributed by atoms with van der Waals surface area (Å²) in [4.78, 5) is 12.6. The Kier molecular flexibility index (Phi) is 14.1. The third-order valence-electron chi connectivity index (χ3n) is 6.76. The molecule has 3 nitrogen and oxygen atoms in total. The van der Waals surface area contributed by atoms with Crippen LogP contribution < -0.4 is 5.32 Å². The van der Waals surface area contributed by atoms with Crippen molar-refractivity contribution in [1.82, 2.24) is 0 Å². The molecule has 0 aromatic heterocycles. The predicted molar refractivity (Wildman–Crippen MR) is 135 cm³/mol. The van der Waals surface area contributed by atoms with E-state index in [1.165, 1.54) is 70.6 Å². The van der Waals surface area contributed by atoms with E-state index in [0.29, 0.717) is 6.42 Å². The molecule has 180 valence electrons. The van der Waals surface area contributed by atoms with Crippen LogP contribution >= 0.6 is 0 Å². The first-order chi connectivity index (χ1) is 15.8. The molecule has 0 unspecified atom stereocenters. The lowest BCUT2D eigenvalue weighted by molar-refractivity contribution is -0.668. The monoisotopic (exact) mass is 442 g/mol. The van der Waals surface area contributed by atoms with Crippen molar-refractivity contribution in [2.24, 2.45) is 0 Å². The summed E-state index contributed by atoms with van der Waals surface area (Å²) in [7, 11) is 0. The Bertz CT molecular complexity index is 619. The Morgan fingerprint density at radius 3 is 2.03 bits per heavy atom. The fourth-order valence-electron chi connectivity index (χ4n) is 4.74. The maximum atomic E-state index is 12.6. The van der Waals surface area contributed by atoms with Crippen LogP contribution in [-0.4, -0.2) is 19.1 Å². The molecule has 1 aliphatic rings. The van der Waals surface area contributed by atoms with E-state index in [9.17, 15) is 4.79 Å². The second-order valence-electron chi connectivity index (χ2n) is 9.53. The van der Waals surface area contributed by atoms with Crippen molar-refractivity contribution in [3.05, 3.63) is 48.0 Å². The number of hydrogen-bond donors (Lipinski definition) is 1. The van der Waals surface area contributed by atoms with Crippen molar-refractivity contribution in [3.8, 4) is 0 Å². The molecule has 1 fully saturated rings. The van der Waals surface area contributed by atoms with Gasteiger partial charge in [0.2, 0.25) is 0 Å². The first-order valence-corrected chi connectivity index (χ1v) is 13.5. The third kappa shape index (κ3) is 10.8. The second-order valence-corrected chi connectivity index (χ2v) is 9.53. The van der Waals surface area contributed by atoms with Gasteiger partial charge >= 0.3 is 5.97 Å². The van der Waals surface area contributed by atoms with Gasteiger partial charge in [0.15, 0.2) is 0 Å². The highest BCUT2D eigenvalue weighted by molar-refractivity contribution is 5.70. The zero-order valence-electron chi connectivity index (χ0n) is 20.7. The molecule has 2 N–H and O–H groups in total. The second kappa shape index (κ2) is 16.9. The standard InChI is InChI=1S/C29H47NO2/c1-2-3-4-5-6-7-8-9-10-11-12-13-14-15-19-22-28(31)32-29(23-25-30-26-24-29)27-20-17-16-18-21-27/h9-10,16-18,20-21,30H,2-8,11-15,19,22-26H2,1H3/p+1/b10-9+. The van der Waals surface area contributed by atoms with Crippen LogP contribution in [0.2, 0.25) is 0 Å². The van der Waals surface area contributed by atoms with Gasteiger partial charge in [-0.2, -0.15) is 0 Å². The number of carbonyl (C=O) groups excluding carboxylic acids is 1. The van der Waals surface area contributed by atoms with Gasteiger partial charge in [0.05, 0.1) is 13.1 Å². The highest BCUT2D eigenvalue weighted by Gasteiger charge is 2.39. The molecule has 1 aromatic carbocycles. The van der Waals surface area contributed by atoms with Gasteiger partial charge in [-0.25, -0.2) is 0 Å². The van der Waals surface area contributed by atoms with Crippen molar-refractivity contribution < 1.29 is 14.8 Å². The van der Waals surface area contributed by atoms with Crippen molar-refractivity contribution in [2.45, 2.75) is 115 Å². The van der Waals surface area contributed by atoms with E-state index < -0.39 is 5.60 Å². The van der Waals surface area contributed by atoms with Crippen LogP contribution in [0.15, 0.2) is 42.5 Å². The Morgan fingerprint density at radius 2 is 1.41 bits per heavy atom. The van der Waals surface area contributed by atoms with Crippen LogP contribution in [0.3, 0.4) is 0 Å². The van der Waals surface area contributed by atoms with Crippen LogP contribution in [0.1, 0.15) is 115 Å². The van der Waals surface area contributed by atoms with Crippen molar-refractivity contribution in [1.29, 1.82) is 0 Å². The van der Waals surface area contributed by atoms with Gasteiger partial charge in [-0.15, -0.1) is 0 Å². The topological polar surface area (TPSA) is 42.9 Å². The molecule has 2 rings (SSSR count). The van der Waals surface area contributed by atoms with Gasteiger partial charge in [0.1, 0.15) is 5.60 Å². The van der Waals surface area contributed by atoms with Crippen LogP contribution in [-0.2, 0) is 15.1 Å². The molecule has 0 atom stereocenters. The molecular weight excluding hydrogens is 394 g/mol. The first kappa shape index (κ1) is 26.6. The first-order valence-electron chi connectivity index (χ1n) is 13.5. The summed E-state index contributed by atoms with van der Waals surface area (Å²) < 4.78 is 6.12. The minimum Gasteiger partial charge on any atom is -0.454 e. The summed E-state index contributed by atoms with van der Waals surface area (Å²) in [6, 6.07) is 10.3. The summed E-state index contributed by atoms with van der Waals surface area (Å²) in [5.41, 5.74) is 0.751. The molecule has 32 heavy (non-hydrogen) atoms. The summed E-state index contributed by atoms with van der Waals surface area (Å²) in [6.45, 7) is 4.32. The fourth-order valence-corrected chi connectivity index (χ4v) is 4.74. The van der Waals surface area contributed by atoms with Crippen LogP contribution in [0.4, 0.5) is 0 Å². The highest BCUT2D eigenvalue weighted by Crippen LogP contribution is 2.34. The minimum atomic E-state index is -0.408. The molecule has 0 spiro atoms. The number of ether oxygens (including phenoxy) is 1. The average molecular weight is 443 g/mol. The summed E-state index contributed by atoms with van der Waals surface area (Å²) in [6.07, 6.45) is 23.7. The van der Waals surface area contributed by atoms with E-state index in [-0.39, 0.29) is 5.97 Å². The van der Waals surface area contributed by atoms with Gasteiger partial charge < -0.3 is 10.1 Å². The molecule has 1 saturated heterocycles.